The van der Waals surface area contributed by atoms with Gasteiger partial charge < -0.3 is 8.98 Å². The molecule has 9 rings (SSSR count). The molecule has 44 heavy (non-hydrogen) atoms. The topological polar surface area (TPSA) is 54.8 Å². The van der Waals surface area contributed by atoms with Crippen molar-refractivity contribution >= 4 is 54.5 Å². The maximum atomic E-state index is 9.52. The summed E-state index contributed by atoms with van der Waals surface area (Å²) in [6.07, 6.45) is 1.98. The zero-order valence-corrected chi connectivity index (χ0v) is 23.5. The van der Waals surface area contributed by atoms with Gasteiger partial charge in [-0.3, -0.25) is 4.98 Å². The Morgan fingerprint density at radius 3 is 2.18 bits per heavy atom. The first-order valence-electron chi connectivity index (χ1n) is 14.6. The fourth-order valence-electron chi connectivity index (χ4n) is 6.57. The third-order valence-corrected chi connectivity index (χ3v) is 8.68. The van der Waals surface area contributed by atoms with Crippen molar-refractivity contribution in [3.05, 3.63) is 145 Å². The highest BCUT2D eigenvalue weighted by molar-refractivity contribution is 6.17. The smallest absolute Gasteiger partial charge is 0.144 e. The van der Waals surface area contributed by atoms with Crippen molar-refractivity contribution in [2.45, 2.75) is 0 Å². The SMILES string of the molecule is N#Cc1ccc2ccc3c4cccc(-c5cc6c(cn5)c5ccccc5n6-c5ccc(-c6ccccc6)cc5)c4oc3c2c1. The highest BCUT2D eigenvalue weighted by atomic mass is 16.3. The molecule has 3 heterocycles. The number of hydrogen-bond donors (Lipinski definition) is 0. The number of rotatable bonds is 3. The van der Waals surface area contributed by atoms with Gasteiger partial charge in [-0.25, -0.2) is 0 Å². The van der Waals surface area contributed by atoms with Gasteiger partial charge >= 0.3 is 0 Å². The minimum atomic E-state index is 0.613. The molecule has 0 aliphatic rings. The average molecular weight is 562 g/mol. The lowest BCUT2D eigenvalue weighted by Crippen LogP contribution is -1.94. The highest BCUT2D eigenvalue weighted by Gasteiger charge is 2.18. The van der Waals surface area contributed by atoms with Gasteiger partial charge in [-0.2, -0.15) is 5.26 Å². The number of pyridine rings is 1. The Labute approximate surface area is 252 Å². The van der Waals surface area contributed by atoms with Crippen molar-refractivity contribution in [3.8, 4) is 34.1 Å². The molecule has 0 unspecified atom stereocenters. The molecular weight excluding hydrogens is 538 g/mol. The summed E-state index contributed by atoms with van der Waals surface area (Å²) in [7, 11) is 0. The molecule has 0 fully saturated rings. The monoisotopic (exact) mass is 561 g/mol. The summed E-state index contributed by atoms with van der Waals surface area (Å²) in [4.78, 5) is 4.98. The Morgan fingerprint density at radius 1 is 0.568 bits per heavy atom. The van der Waals surface area contributed by atoms with Crippen LogP contribution in [0, 0.1) is 11.3 Å². The van der Waals surface area contributed by atoms with Crippen LogP contribution in [0.5, 0.6) is 0 Å². The number of fused-ring (bicyclic) bond motifs is 8. The predicted molar refractivity (Wildman–Crippen MR) is 179 cm³/mol. The van der Waals surface area contributed by atoms with E-state index < -0.39 is 0 Å². The molecule has 0 aliphatic carbocycles. The summed E-state index contributed by atoms with van der Waals surface area (Å²) >= 11 is 0. The van der Waals surface area contributed by atoms with E-state index in [0.29, 0.717) is 5.56 Å². The number of para-hydroxylation sites is 2. The summed E-state index contributed by atoms with van der Waals surface area (Å²) in [6, 6.07) is 48.3. The van der Waals surface area contributed by atoms with Crippen LogP contribution in [0.4, 0.5) is 0 Å². The van der Waals surface area contributed by atoms with Crippen LogP contribution in [0.15, 0.2) is 144 Å². The normalized spacial score (nSPS) is 11.6. The maximum absolute atomic E-state index is 9.52. The summed E-state index contributed by atoms with van der Waals surface area (Å²) < 4.78 is 8.96. The first kappa shape index (κ1) is 24.4. The molecule has 4 heteroatoms. The first-order valence-corrected chi connectivity index (χ1v) is 14.6. The van der Waals surface area contributed by atoms with Crippen molar-refractivity contribution < 1.29 is 4.42 Å². The second-order valence-corrected chi connectivity index (χ2v) is 11.1. The van der Waals surface area contributed by atoms with Gasteiger partial charge in [0.2, 0.25) is 0 Å². The van der Waals surface area contributed by atoms with Crippen LogP contribution in [0.3, 0.4) is 0 Å². The average Bonchev–Trinajstić information content (AvgIpc) is 3.64. The van der Waals surface area contributed by atoms with E-state index in [1.54, 1.807) is 0 Å². The highest BCUT2D eigenvalue weighted by Crippen LogP contribution is 2.40. The predicted octanol–water partition coefficient (Wildman–Crippen LogP) is 10.4. The van der Waals surface area contributed by atoms with Gasteiger partial charge in [0.1, 0.15) is 11.2 Å². The lowest BCUT2D eigenvalue weighted by atomic mass is 10.0. The lowest BCUT2D eigenvalue weighted by molar-refractivity contribution is 0.673. The molecule has 0 bridgehead atoms. The fourth-order valence-corrected chi connectivity index (χ4v) is 6.57. The van der Waals surface area contributed by atoms with Crippen LogP contribution >= 0.6 is 0 Å². The number of nitrogens with zero attached hydrogens (tertiary/aromatic N) is 3. The third kappa shape index (κ3) is 3.60. The molecule has 3 aromatic heterocycles. The summed E-state index contributed by atoms with van der Waals surface area (Å²) in [6.45, 7) is 0. The molecule has 0 N–H and O–H groups in total. The summed E-state index contributed by atoms with van der Waals surface area (Å²) in [5.41, 5.74) is 9.66. The van der Waals surface area contributed by atoms with Gasteiger partial charge in [0.15, 0.2) is 0 Å². The molecule has 0 atom stereocenters. The second-order valence-electron chi connectivity index (χ2n) is 11.1. The largest absolute Gasteiger partial charge is 0.455 e. The number of nitriles is 1. The van der Waals surface area contributed by atoms with Gasteiger partial charge in [-0.1, -0.05) is 84.9 Å². The molecular formula is C40H23N3O. The van der Waals surface area contributed by atoms with Gasteiger partial charge in [0.05, 0.1) is 28.4 Å². The van der Waals surface area contributed by atoms with Crippen molar-refractivity contribution in [2.75, 3.05) is 0 Å². The summed E-state index contributed by atoms with van der Waals surface area (Å²) in [5, 5.41) is 15.8. The maximum Gasteiger partial charge on any atom is 0.144 e. The van der Waals surface area contributed by atoms with Crippen LogP contribution in [0.2, 0.25) is 0 Å². The van der Waals surface area contributed by atoms with E-state index in [4.69, 9.17) is 9.40 Å². The van der Waals surface area contributed by atoms with Gasteiger partial charge in [-0.15, -0.1) is 0 Å². The van der Waals surface area contributed by atoms with Crippen molar-refractivity contribution in [1.82, 2.24) is 9.55 Å². The molecule has 0 amide bonds. The van der Waals surface area contributed by atoms with Crippen LogP contribution < -0.4 is 0 Å². The molecule has 9 aromatic rings. The number of furan rings is 1. The van der Waals surface area contributed by atoms with Crippen LogP contribution in [-0.2, 0) is 0 Å². The Kier molecular flexibility index (Phi) is 5.23. The minimum Gasteiger partial charge on any atom is -0.455 e. The Balaban J connectivity index is 1.26. The zero-order valence-electron chi connectivity index (χ0n) is 23.5. The van der Waals surface area contributed by atoms with Crippen LogP contribution in [-0.4, -0.2) is 9.55 Å². The van der Waals surface area contributed by atoms with Crippen LogP contribution in [0.1, 0.15) is 5.56 Å². The van der Waals surface area contributed by atoms with E-state index >= 15 is 0 Å². The molecule has 0 saturated heterocycles. The summed E-state index contributed by atoms with van der Waals surface area (Å²) in [5.74, 6) is 0. The fraction of sp³-hybridized carbons (Fsp3) is 0. The van der Waals surface area contributed by atoms with Gasteiger partial charge in [-0.05, 0) is 65.0 Å². The number of benzene rings is 6. The lowest BCUT2D eigenvalue weighted by Gasteiger charge is -2.10. The van der Waals surface area contributed by atoms with E-state index in [0.717, 1.165) is 71.5 Å². The van der Waals surface area contributed by atoms with E-state index in [9.17, 15) is 5.26 Å². The number of aromatic nitrogens is 2. The van der Waals surface area contributed by atoms with Crippen molar-refractivity contribution in [2.24, 2.45) is 0 Å². The van der Waals surface area contributed by atoms with E-state index in [1.165, 1.54) is 11.1 Å². The quantitative estimate of drug-likeness (QED) is 0.216. The van der Waals surface area contributed by atoms with Gasteiger partial charge in [0.25, 0.3) is 0 Å². The number of hydrogen-bond acceptors (Lipinski definition) is 3. The molecule has 0 aliphatic heterocycles. The molecule has 0 saturated carbocycles. The Hall–Kier alpha value is -6.18. The second kappa shape index (κ2) is 9.42. The van der Waals surface area contributed by atoms with Crippen molar-refractivity contribution in [1.29, 1.82) is 5.26 Å². The third-order valence-electron chi connectivity index (χ3n) is 8.68. The minimum absolute atomic E-state index is 0.613. The van der Waals surface area contributed by atoms with E-state index in [1.807, 2.05) is 30.5 Å². The molecule has 6 aromatic carbocycles. The van der Waals surface area contributed by atoms with E-state index in [-0.39, 0.29) is 0 Å². The molecule has 0 radical (unpaired) electrons. The zero-order chi connectivity index (χ0) is 29.2. The van der Waals surface area contributed by atoms with Crippen LogP contribution in [0.25, 0.3) is 82.6 Å². The van der Waals surface area contributed by atoms with Gasteiger partial charge in [0, 0.05) is 44.4 Å². The van der Waals surface area contributed by atoms with Crippen molar-refractivity contribution in [3.63, 3.8) is 0 Å². The Morgan fingerprint density at radius 2 is 1.32 bits per heavy atom. The Bertz CT molecular complexity index is 2600. The molecule has 4 nitrogen and oxygen atoms in total. The first-order chi connectivity index (χ1) is 21.8. The molecule has 0 spiro atoms. The standard InChI is InChI=1S/C40H23N3O/c41-23-25-13-14-28-17-20-32-31-10-6-11-33(39(31)44-40(32)34(28)21-25)36-22-38-35(24-42-36)30-9-4-5-12-37(30)43(38)29-18-15-27(16-19-29)26-7-2-1-3-8-26/h1-22,24H. The molecule has 204 valence electrons. The van der Waals surface area contributed by atoms with E-state index in [2.05, 4.69) is 120 Å².